The summed E-state index contributed by atoms with van der Waals surface area (Å²) in [6.45, 7) is 13.5. The van der Waals surface area contributed by atoms with Gasteiger partial charge in [-0.05, 0) is 66.5 Å². The second kappa shape index (κ2) is 15.1. The number of fused-ring (bicyclic) bond motifs is 1. The van der Waals surface area contributed by atoms with Crippen molar-refractivity contribution in [3.63, 3.8) is 0 Å². The van der Waals surface area contributed by atoms with Crippen molar-refractivity contribution >= 4 is 29.8 Å². The van der Waals surface area contributed by atoms with Gasteiger partial charge in [0.15, 0.2) is 0 Å². The first-order valence-electron chi connectivity index (χ1n) is 18.0. The van der Waals surface area contributed by atoms with Crippen molar-refractivity contribution in [3.8, 4) is 0 Å². The van der Waals surface area contributed by atoms with Gasteiger partial charge in [0, 0.05) is 30.6 Å². The van der Waals surface area contributed by atoms with Crippen molar-refractivity contribution in [1.82, 2.24) is 15.1 Å². The molecule has 2 aliphatic heterocycles. The quantitative estimate of drug-likeness (QED) is 0.177. The van der Waals surface area contributed by atoms with Gasteiger partial charge < -0.3 is 19.9 Å². The summed E-state index contributed by atoms with van der Waals surface area (Å²) in [6.07, 6.45) is 4.33. The molecule has 1 fully saturated rings. The van der Waals surface area contributed by atoms with Crippen LogP contribution in [0.2, 0.25) is 0 Å². The number of carbonyl (C=O) groups excluding carboxylic acids is 2. The number of nitrogens with one attached hydrogen (secondary N) is 1. The van der Waals surface area contributed by atoms with Gasteiger partial charge in [0.05, 0.1) is 17.3 Å². The third-order valence-electron chi connectivity index (χ3n) is 9.67. The monoisotopic (exact) mass is 701 g/mol. The summed E-state index contributed by atoms with van der Waals surface area (Å²) in [5, 5.41) is 3.74. The topological polar surface area (TPSA) is 61.9 Å². The highest BCUT2D eigenvalue weighted by atomic mass is 32.2. The van der Waals surface area contributed by atoms with Crippen LogP contribution in [0.1, 0.15) is 75.8 Å². The molecule has 0 saturated carbocycles. The minimum absolute atomic E-state index is 0.0252. The molecule has 4 aromatic carbocycles. The number of amides is 2. The highest BCUT2D eigenvalue weighted by molar-refractivity contribution is 8.01. The predicted octanol–water partition coefficient (Wildman–Crippen LogP) is 9.11. The van der Waals surface area contributed by atoms with Crippen LogP contribution in [-0.2, 0) is 20.8 Å². The third kappa shape index (κ3) is 8.26. The lowest BCUT2D eigenvalue weighted by Crippen LogP contribution is -2.55. The summed E-state index contributed by atoms with van der Waals surface area (Å²) in [6, 6.07) is 39.6. The first-order chi connectivity index (χ1) is 24.3. The molecule has 0 aliphatic carbocycles. The zero-order chi connectivity index (χ0) is 36.2. The van der Waals surface area contributed by atoms with Crippen LogP contribution < -0.4 is 5.32 Å². The Morgan fingerprint density at radius 1 is 0.784 bits per heavy atom. The molecule has 1 unspecified atom stereocenters. The summed E-state index contributed by atoms with van der Waals surface area (Å²) in [4.78, 5) is 31.8. The molecule has 7 heteroatoms. The number of likely N-dealkylation sites (tertiary alicyclic amines) is 1. The fraction of sp³-hybridized carbons (Fsp3) is 0.364. The lowest BCUT2D eigenvalue weighted by atomic mass is 9.84. The Morgan fingerprint density at radius 2 is 1.31 bits per heavy atom. The molecule has 0 bridgehead atoms. The summed E-state index contributed by atoms with van der Waals surface area (Å²) in [5.41, 5.74) is 4.83. The van der Waals surface area contributed by atoms with Gasteiger partial charge in [0.2, 0.25) is 5.91 Å². The molecule has 0 radical (unpaired) electrons. The Balaban J connectivity index is 1.31. The van der Waals surface area contributed by atoms with Gasteiger partial charge in [-0.2, -0.15) is 0 Å². The first kappa shape index (κ1) is 36.5. The van der Waals surface area contributed by atoms with Gasteiger partial charge >= 0.3 is 6.09 Å². The Hall–Kier alpha value is -4.33. The lowest BCUT2D eigenvalue weighted by molar-refractivity contribution is -0.134. The zero-order valence-electron chi connectivity index (χ0n) is 30.7. The lowest BCUT2D eigenvalue weighted by Gasteiger charge is -2.37. The van der Waals surface area contributed by atoms with E-state index in [2.05, 4.69) is 129 Å². The fourth-order valence-electron chi connectivity index (χ4n) is 7.25. The maximum atomic E-state index is 14.2. The molecule has 3 atom stereocenters. The molecule has 6 rings (SSSR count). The highest BCUT2D eigenvalue weighted by Crippen LogP contribution is 2.52. The smallest absolute Gasteiger partial charge is 0.410 e. The molecular formula is C44H51N3O3S. The number of benzene rings is 4. The van der Waals surface area contributed by atoms with Gasteiger partial charge in [-0.15, -0.1) is 11.8 Å². The van der Waals surface area contributed by atoms with E-state index in [4.69, 9.17) is 4.74 Å². The molecule has 4 aromatic rings. The first-order valence-corrected chi connectivity index (χ1v) is 18.9. The Morgan fingerprint density at radius 3 is 1.84 bits per heavy atom. The van der Waals surface area contributed by atoms with Crippen LogP contribution in [0.25, 0.3) is 6.08 Å². The molecule has 2 heterocycles. The minimum Gasteiger partial charge on any atom is -0.444 e. The zero-order valence-corrected chi connectivity index (χ0v) is 31.5. The van der Waals surface area contributed by atoms with Gasteiger partial charge in [-0.3, -0.25) is 4.79 Å². The van der Waals surface area contributed by atoms with Crippen molar-refractivity contribution in [2.75, 3.05) is 13.1 Å². The summed E-state index contributed by atoms with van der Waals surface area (Å²) >= 11 is 1.90. The normalized spacial score (nSPS) is 18.3. The van der Waals surface area contributed by atoms with E-state index < -0.39 is 16.4 Å². The number of thioether (sulfide) groups is 1. The molecule has 2 amide bonds. The van der Waals surface area contributed by atoms with Gasteiger partial charge in [0.25, 0.3) is 0 Å². The van der Waals surface area contributed by atoms with Crippen molar-refractivity contribution < 1.29 is 14.3 Å². The van der Waals surface area contributed by atoms with Crippen LogP contribution in [0, 0.1) is 5.41 Å². The SMILES string of the molecule is CC(C)(C)OC(=O)N1C[C@H](SC(c2ccccc2)(c2ccccc2)c2ccccc2)CC1CN[C@H](C(=O)N1C=Cc2ccccc2C1)C(C)(C)C. The third-order valence-corrected chi connectivity index (χ3v) is 11.4. The fourth-order valence-corrected chi connectivity index (χ4v) is 9.12. The van der Waals surface area contributed by atoms with E-state index in [0.717, 1.165) is 17.5 Å². The van der Waals surface area contributed by atoms with Crippen LogP contribution in [0.15, 0.2) is 121 Å². The molecular weight excluding hydrogens is 651 g/mol. The van der Waals surface area contributed by atoms with Gasteiger partial charge in [0.1, 0.15) is 5.60 Å². The van der Waals surface area contributed by atoms with Crippen molar-refractivity contribution in [2.45, 2.75) is 82.2 Å². The van der Waals surface area contributed by atoms with Crippen molar-refractivity contribution in [3.05, 3.63) is 149 Å². The molecule has 1 saturated heterocycles. The number of carbonyl (C=O) groups is 2. The molecule has 6 nitrogen and oxygen atoms in total. The Kier molecular flexibility index (Phi) is 10.8. The van der Waals surface area contributed by atoms with Crippen LogP contribution >= 0.6 is 11.8 Å². The van der Waals surface area contributed by atoms with E-state index in [1.807, 2.05) is 66.7 Å². The summed E-state index contributed by atoms with van der Waals surface area (Å²) < 4.78 is 5.48. The van der Waals surface area contributed by atoms with E-state index in [9.17, 15) is 9.59 Å². The molecule has 51 heavy (non-hydrogen) atoms. The standard InChI is InChI=1S/C44H51N3O3S/c1-42(2,3)39(40(48)46-27-26-32-18-16-17-19-33(32)30-46)45-29-37-28-38(31-47(37)41(49)50-43(4,5)6)51-44(34-20-10-7-11-21-34,35-22-12-8-13-23-35)36-24-14-9-15-25-36/h7-27,37-39,45H,28-31H2,1-6H3/t37?,38-,39-/m1/s1. The van der Waals surface area contributed by atoms with E-state index >= 15 is 0 Å². The Bertz CT molecular complexity index is 1720. The largest absolute Gasteiger partial charge is 0.444 e. The van der Waals surface area contributed by atoms with E-state index in [-0.39, 0.29) is 28.7 Å². The number of hydrogen-bond acceptors (Lipinski definition) is 5. The van der Waals surface area contributed by atoms with Gasteiger partial charge in [-0.25, -0.2) is 4.79 Å². The van der Waals surface area contributed by atoms with E-state index in [0.29, 0.717) is 19.6 Å². The number of nitrogens with zero attached hydrogens (tertiary/aromatic N) is 2. The summed E-state index contributed by atoms with van der Waals surface area (Å²) in [7, 11) is 0. The van der Waals surface area contributed by atoms with Crippen LogP contribution in [0.5, 0.6) is 0 Å². The van der Waals surface area contributed by atoms with Gasteiger partial charge in [-0.1, -0.05) is 136 Å². The van der Waals surface area contributed by atoms with E-state index in [1.165, 1.54) is 16.7 Å². The second-order valence-electron chi connectivity index (χ2n) is 15.7. The number of rotatable bonds is 9. The minimum atomic E-state index is -0.636. The Labute approximate surface area is 308 Å². The average molecular weight is 702 g/mol. The van der Waals surface area contributed by atoms with Crippen molar-refractivity contribution in [2.24, 2.45) is 5.41 Å². The van der Waals surface area contributed by atoms with E-state index in [1.54, 1.807) is 0 Å². The van der Waals surface area contributed by atoms with Crippen molar-refractivity contribution in [1.29, 1.82) is 0 Å². The molecule has 266 valence electrons. The van der Waals surface area contributed by atoms with Crippen LogP contribution in [0.3, 0.4) is 0 Å². The predicted molar refractivity (Wildman–Crippen MR) is 209 cm³/mol. The van der Waals surface area contributed by atoms with Crippen LogP contribution in [-0.4, -0.2) is 57.8 Å². The molecule has 0 spiro atoms. The molecule has 0 aromatic heterocycles. The second-order valence-corrected chi connectivity index (χ2v) is 17.2. The maximum absolute atomic E-state index is 14.2. The summed E-state index contributed by atoms with van der Waals surface area (Å²) in [5.74, 6) is 0.0252. The maximum Gasteiger partial charge on any atom is 0.410 e. The number of ether oxygens (including phenoxy) is 1. The molecule has 2 aliphatic rings. The molecule has 1 N–H and O–H groups in total. The van der Waals surface area contributed by atoms with Crippen LogP contribution in [0.4, 0.5) is 4.79 Å². The number of hydrogen-bond donors (Lipinski definition) is 1. The average Bonchev–Trinajstić information content (AvgIpc) is 3.53. The highest BCUT2D eigenvalue weighted by Gasteiger charge is 2.46.